The third-order valence-electron chi connectivity index (χ3n) is 4.50. The maximum Gasteiger partial charge on any atom is 0.411 e. The Balaban J connectivity index is 1.59. The monoisotopic (exact) mass is 295 g/mol. The van der Waals surface area contributed by atoms with Crippen molar-refractivity contribution in [1.29, 1.82) is 0 Å². The molecule has 4 aliphatic rings. The van der Waals surface area contributed by atoms with Crippen LogP contribution in [0, 0.1) is 5.92 Å². The van der Waals surface area contributed by atoms with E-state index < -0.39 is 5.60 Å². The van der Waals surface area contributed by atoms with E-state index in [1.807, 2.05) is 25.7 Å². The smallest absolute Gasteiger partial charge is 0.411 e. The third kappa shape index (κ3) is 2.86. The Hall–Kier alpha value is -1.30. The van der Waals surface area contributed by atoms with Crippen molar-refractivity contribution in [3.05, 3.63) is 0 Å². The molecule has 4 aliphatic heterocycles. The minimum atomic E-state index is -0.515. The standard InChI is InChI=1S/C15H25N3O3/c1-15(2,3)21-14(20)18-11-6-12(18)13(19)17(9-11)8-10-4-5-16-7-10/h10-12,16H,4-9H2,1-3H3. The SMILES string of the molecule is CC(C)(C)OC(=O)N1C2CC1C(=O)N(CC1CCNC1)C2. The third-order valence-corrected chi connectivity index (χ3v) is 4.50. The van der Waals surface area contributed by atoms with Crippen molar-refractivity contribution in [2.75, 3.05) is 26.2 Å². The molecule has 3 atom stereocenters. The van der Waals surface area contributed by atoms with Gasteiger partial charge in [-0.3, -0.25) is 9.69 Å². The molecule has 1 N–H and O–H groups in total. The zero-order chi connectivity index (χ0) is 15.2. The number of piperidine rings is 1. The van der Waals surface area contributed by atoms with Gasteiger partial charge in [-0.05, 0) is 52.6 Å². The number of amides is 2. The molecule has 21 heavy (non-hydrogen) atoms. The van der Waals surface area contributed by atoms with Gasteiger partial charge in [0, 0.05) is 13.1 Å². The summed E-state index contributed by atoms with van der Waals surface area (Å²) in [6, 6.07) is -0.162. The molecule has 0 aliphatic carbocycles. The van der Waals surface area contributed by atoms with Gasteiger partial charge in [-0.25, -0.2) is 4.79 Å². The van der Waals surface area contributed by atoms with Gasteiger partial charge in [0.2, 0.25) is 5.91 Å². The van der Waals surface area contributed by atoms with Crippen LogP contribution in [0.1, 0.15) is 33.6 Å². The molecule has 0 saturated carbocycles. The van der Waals surface area contributed by atoms with Crippen molar-refractivity contribution in [3.8, 4) is 0 Å². The molecule has 3 unspecified atom stereocenters. The Kier molecular flexibility index (Phi) is 3.59. The summed E-state index contributed by atoms with van der Waals surface area (Å²) in [4.78, 5) is 28.2. The van der Waals surface area contributed by atoms with Gasteiger partial charge in [0.15, 0.2) is 0 Å². The van der Waals surface area contributed by atoms with E-state index in [1.54, 1.807) is 4.90 Å². The van der Waals surface area contributed by atoms with Crippen molar-refractivity contribution in [1.82, 2.24) is 15.1 Å². The fourth-order valence-corrected chi connectivity index (χ4v) is 3.48. The van der Waals surface area contributed by atoms with E-state index in [4.69, 9.17) is 4.74 Å². The number of nitrogens with zero attached hydrogens (tertiary/aromatic N) is 2. The Bertz CT molecular complexity index is 440. The highest BCUT2D eigenvalue weighted by atomic mass is 16.6. The number of carbonyl (C=O) groups excluding carboxylic acids is 2. The van der Waals surface area contributed by atoms with E-state index in [0.717, 1.165) is 32.5 Å². The van der Waals surface area contributed by atoms with Gasteiger partial charge in [0.25, 0.3) is 0 Å². The molecule has 6 heteroatoms. The molecule has 6 nitrogen and oxygen atoms in total. The first-order chi connectivity index (χ1) is 9.85. The number of carbonyl (C=O) groups is 2. The fourth-order valence-electron chi connectivity index (χ4n) is 3.48. The van der Waals surface area contributed by atoms with Gasteiger partial charge in [-0.1, -0.05) is 0 Å². The Morgan fingerprint density at radius 3 is 2.76 bits per heavy atom. The van der Waals surface area contributed by atoms with Crippen LogP contribution in [0.5, 0.6) is 0 Å². The number of hydrogen-bond donors (Lipinski definition) is 1. The van der Waals surface area contributed by atoms with Crippen LogP contribution < -0.4 is 5.32 Å². The summed E-state index contributed by atoms with van der Waals surface area (Å²) in [7, 11) is 0. The number of nitrogens with one attached hydrogen (secondary N) is 1. The number of piperazine rings is 1. The second-order valence-corrected chi connectivity index (χ2v) is 7.39. The van der Waals surface area contributed by atoms with Crippen molar-refractivity contribution >= 4 is 12.0 Å². The predicted octanol–water partition coefficient (Wildman–Crippen LogP) is 0.816. The summed E-state index contributed by atoms with van der Waals surface area (Å²) in [6.45, 7) is 9.07. The molecule has 0 spiro atoms. The molecule has 4 rings (SSSR count). The van der Waals surface area contributed by atoms with Crippen LogP contribution >= 0.6 is 0 Å². The van der Waals surface area contributed by atoms with Crippen LogP contribution in [-0.4, -0.2) is 65.7 Å². The van der Waals surface area contributed by atoms with Gasteiger partial charge in [0.05, 0.1) is 6.04 Å². The summed E-state index contributed by atoms with van der Waals surface area (Å²) >= 11 is 0. The van der Waals surface area contributed by atoms with Crippen molar-refractivity contribution < 1.29 is 14.3 Å². The van der Waals surface area contributed by atoms with E-state index in [9.17, 15) is 9.59 Å². The van der Waals surface area contributed by atoms with Crippen LogP contribution in [0.15, 0.2) is 0 Å². The van der Waals surface area contributed by atoms with Crippen LogP contribution in [-0.2, 0) is 9.53 Å². The number of ether oxygens (including phenoxy) is 1. The lowest BCUT2D eigenvalue weighted by Crippen LogP contribution is -2.73. The van der Waals surface area contributed by atoms with Gasteiger partial charge in [-0.2, -0.15) is 0 Å². The largest absolute Gasteiger partial charge is 0.444 e. The first-order valence-electron chi connectivity index (χ1n) is 7.86. The molecular formula is C15H25N3O3. The molecule has 4 saturated heterocycles. The van der Waals surface area contributed by atoms with Crippen LogP contribution in [0.3, 0.4) is 0 Å². The van der Waals surface area contributed by atoms with Gasteiger partial charge >= 0.3 is 6.09 Å². The second-order valence-electron chi connectivity index (χ2n) is 7.39. The van der Waals surface area contributed by atoms with E-state index in [1.165, 1.54) is 0 Å². The lowest BCUT2D eigenvalue weighted by molar-refractivity contribution is -0.158. The lowest BCUT2D eigenvalue weighted by Gasteiger charge is -2.54. The average molecular weight is 295 g/mol. The number of rotatable bonds is 2. The lowest BCUT2D eigenvalue weighted by atomic mass is 9.86. The molecule has 118 valence electrons. The molecule has 4 fully saturated rings. The molecular weight excluding hydrogens is 270 g/mol. The zero-order valence-electron chi connectivity index (χ0n) is 13.1. The summed E-state index contributed by atoms with van der Waals surface area (Å²) in [5.74, 6) is 0.650. The molecule has 0 aromatic rings. The van der Waals surface area contributed by atoms with Crippen molar-refractivity contribution in [2.24, 2.45) is 5.92 Å². The van der Waals surface area contributed by atoms with E-state index in [0.29, 0.717) is 12.5 Å². The first-order valence-corrected chi connectivity index (χ1v) is 7.86. The summed E-state index contributed by atoms with van der Waals surface area (Å²) in [5.41, 5.74) is -0.515. The van der Waals surface area contributed by atoms with Gasteiger partial charge in [0.1, 0.15) is 11.6 Å². The van der Waals surface area contributed by atoms with Crippen molar-refractivity contribution in [3.63, 3.8) is 0 Å². The first kappa shape index (κ1) is 14.6. The minimum Gasteiger partial charge on any atom is -0.444 e. The molecule has 0 radical (unpaired) electrons. The highest BCUT2D eigenvalue weighted by molar-refractivity contribution is 5.89. The quantitative estimate of drug-likeness (QED) is 0.819. The number of hydrogen-bond acceptors (Lipinski definition) is 4. The van der Waals surface area contributed by atoms with E-state index in [-0.39, 0.29) is 24.1 Å². The average Bonchev–Trinajstić information content (AvgIpc) is 2.80. The Morgan fingerprint density at radius 2 is 2.19 bits per heavy atom. The van der Waals surface area contributed by atoms with Crippen LogP contribution in [0.2, 0.25) is 0 Å². The molecule has 2 amide bonds. The maximum atomic E-state index is 12.5. The summed E-state index contributed by atoms with van der Waals surface area (Å²) in [6.07, 6.45) is 1.58. The topological polar surface area (TPSA) is 61.9 Å². The van der Waals surface area contributed by atoms with Crippen molar-refractivity contribution in [2.45, 2.75) is 51.3 Å². The number of fused-ring (bicyclic) bond motifs is 2. The normalized spacial score (nSPS) is 32.1. The van der Waals surface area contributed by atoms with Crippen LogP contribution in [0.4, 0.5) is 4.79 Å². The highest BCUT2D eigenvalue weighted by Gasteiger charge is 2.53. The summed E-state index contributed by atoms with van der Waals surface area (Å²) in [5, 5.41) is 3.33. The molecule has 0 aromatic heterocycles. The summed E-state index contributed by atoms with van der Waals surface area (Å²) < 4.78 is 5.40. The maximum absolute atomic E-state index is 12.5. The van der Waals surface area contributed by atoms with E-state index in [2.05, 4.69) is 5.32 Å². The Labute approximate surface area is 125 Å². The second kappa shape index (κ2) is 5.16. The van der Waals surface area contributed by atoms with E-state index >= 15 is 0 Å². The highest BCUT2D eigenvalue weighted by Crippen LogP contribution is 2.35. The predicted molar refractivity (Wildman–Crippen MR) is 77.8 cm³/mol. The van der Waals surface area contributed by atoms with Gasteiger partial charge < -0.3 is 15.0 Å². The fraction of sp³-hybridized carbons (Fsp3) is 0.867. The van der Waals surface area contributed by atoms with Gasteiger partial charge in [-0.15, -0.1) is 0 Å². The zero-order valence-corrected chi connectivity index (χ0v) is 13.1. The van der Waals surface area contributed by atoms with Crippen LogP contribution in [0.25, 0.3) is 0 Å². The minimum absolute atomic E-state index is 0.0928. The Morgan fingerprint density at radius 1 is 1.43 bits per heavy atom. The molecule has 0 aromatic carbocycles. The molecule has 4 heterocycles. The molecule has 2 bridgehead atoms.